The number of carboxylic acid groups (broad SMARTS) is 3. The number of amides is 3. The number of β-lactam (4-membered cyclic amide) rings is 1. The minimum Gasteiger partial charge on any atom is -0.504 e. The van der Waals surface area contributed by atoms with Crippen LogP contribution in [0.25, 0.3) is 0 Å². The van der Waals surface area contributed by atoms with Crippen molar-refractivity contribution in [2.75, 3.05) is 38.5 Å². The molecule has 292 valence electrons. The summed E-state index contributed by atoms with van der Waals surface area (Å²) in [6, 6.07) is 0.983. The Hall–Kier alpha value is -5.25. The van der Waals surface area contributed by atoms with Gasteiger partial charge in [-0.25, -0.2) is 14.6 Å². The topological polar surface area (TPSA) is 288 Å². The Morgan fingerprint density at radius 1 is 1.13 bits per heavy atom. The molecule has 2 saturated heterocycles. The number of carbonyl (C=O) groups is 7. The Labute approximate surface area is 324 Å². The second kappa shape index (κ2) is 15.1. The number of benzene rings is 1. The van der Waals surface area contributed by atoms with Crippen LogP contribution in [0.3, 0.4) is 0 Å². The minimum absolute atomic E-state index is 0.0364. The summed E-state index contributed by atoms with van der Waals surface area (Å²) in [6.45, 7) is 3.32. The number of thiazole rings is 1. The molecule has 3 amide bonds. The van der Waals surface area contributed by atoms with E-state index in [0.717, 1.165) is 40.0 Å². The van der Waals surface area contributed by atoms with Crippen molar-refractivity contribution in [3.05, 3.63) is 44.6 Å². The number of nitrogens with zero attached hydrogens (tertiary/aromatic N) is 5. The first-order valence-corrected chi connectivity index (χ1v) is 19.0. The number of aliphatic carboxylic acids is 3. The molecule has 0 radical (unpaired) electrons. The van der Waals surface area contributed by atoms with E-state index in [1.54, 1.807) is 6.92 Å². The van der Waals surface area contributed by atoms with E-state index in [4.69, 9.17) is 27.3 Å². The molecule has 0 bridgehead atoms. The SMILES string of the molecule is C[C@@H]1S[C@@H]2[C@H](CC(=O)/C(=N\O[C@@H](CC(=O)O)C(=O)O)c3csc(N)n3)C(=O)N2C(C(=O)O)=C1C[N+]1(CCN2C(=O)c3cc(O)c(O)c(Cl)c3C2=O)CCCC1. The zero-order valence-electron chi connectivity index (χ0n) is 28.8. The van der Waals surface area contributed by atoms with E-state index < -0.39 is 99.1 Å². The number of carboxylic acids is 3. The molecule has 22 heteroatoms. The molecular formula is C33H34ClN6O13S2+. The van der Waals surface area contributed by atoms with Gasteiger partial charge >= 0.3 is 17.9 Å². The number of likely N-dealkylation sites (tertiary alicyclic amines) is 1. The Bertz CT molecular complexity index is 2100. The molecule has 19 nitrogen and oxygen atoms in total. The predicted octanol–water partition coefficient (Wildman–Crippen LogP) is 1.56. The summed E-state index contributed by atoms with van der Waals surface area (Å²) in [7, 11) is 0. The second-order valence-electron chi connectivity index (χ2n) is 13.5. The van der Waals surface area contributed by atoms with E-state index in [2.05, 4.69) is 10.1 Å². The van der Waals surface area contributed by atoms with Crippen molar-refractivity contribution in [3.8, 4) is 11.5 Å². The second-order valence-corrected chi connectivity index (χ2v) is 16.2. The van der Waals surface area contributed by atoms with Crippen LogP contribution in [-0.4, -0.2) is 141 Å². The van der Waals surface area contributed by atoms with Crippen LogP contribution in [0, 0.1) is 5.92 Å². The van der Waals surface area contributed by atoms with E-state index in [0.29, 0.717) is 23.1 Å². The largest absolute Gasteiger partial charge is 0.504 e. The highest BCUT2D eigenvalue weighted by molar-refractivity contribution is 8.00. The van der Waals surface area contributed by atoms with Crippen molar-refractivity contribution >= 4 is 87.0 Å². The van der Waals surface area contributed by atoms with E-state index in [9.17, 15) is 54.0 Å². The molecule has 6 rings (SSSR count). The first kappa shape index (κ1) is 39.4. The molecule has 0 aliphatic carbocycles. The number of nitrogens with two attached hydrogens (primary N) is 1. The average molecular weight is 822 g/mol. The van der Waals surface area contributed by atoms with Gasteiger partial charge < -0.3 is 40.6 Å². The Morgan fingerprint density at radius 3 is 2.42 bits per heavy atom. The number of phenolic OH excluding ortho intramolecular Hbond substituents is 2. The van der Waals surface area contributed by atoms with Gasteiger partial charge in [-0.2, -0.15) is 0 Å². The summed E-state index contributed by atoms with van der Waals surface area (Å²) in [5.41, 5.74) is 5.00. The van der Waals surface area contributed by atoms with Gasteiger partial charge in [0.15, 0.2) is 28.1 Å². The molecule has 4 atom stereocenters. The summed E-state index contributed by atoms with van der Waals surface area (Å²) in [5, 5.41) is 52.2. The summed E-state index contributed by atoms with van der Waals surface area (Å²) in [4.78, 5) is 100. The lowest BCUT2D eigenvalue weighted by Crippen LogP contribution is -2.63. The number of oxime groups is 1. The third kappa shape index (κ3) is 7.31. The number of quaternary nitrogens is 1. The Kier molecular flexibility index (Phi) is 10.8. The number of ketones is 1. The van der Waals surface area contributed by atoms with Gasteiger partial charge in [0.1, 0.15) is 17.9 Å². The number of aromatic hydroxyl groups is 2. The summed E-state index contributed by atoms with van der Waals surface area (Å²) < 4.78 is 0.305. The lowest BCUT2D eigenvalue weighted by Gasteiger charge is -2.51. The number of thioether (sulfide) groups is 1. The molecule has 0 spiro atoms. The quantitative estimate of drug-likeness (QED) is 0.0371. The van der Waals surface area contributed by atoms with E-state index in [-0.39, 0.29) is 47.3 Å². The standard InChI is InChI=1S/C33H33ClN6O13S2/c1-13-16(11-40(5-2-3-6-40)7-4-38-27(46)14-8-19(42)26(45)23(34)22(14)29(38)48)25(32(51)52)39-28(47)15(30(39)55-13)9-18(41)24(17-12-54-33(35)36-17)37-53-20(31(49)50)10-21(43)44/h8,12-13,15,20,30H,2-7,9-11H2,1H3,(H6-,35,36,37,41,42,43,44,45,46,48,49,50,51,52)/p+1/t13-,15+,20-,30+/m0/s1. The number of fused-ring (bicyclic) bond motifs is 2. The third-order valence-corrected chi connectivity index (χ3v) is 12.6. The van der Waals surface area contributed by atoms with Gasteiger partial charge in [-0.15, -0.1) is 23.1 Å². The molecule has 4 aliphatic heterocycles. The van der Waals surface area contributed by atoms with Gasteiger partial charge in [0.05, 0.1) is 60.0 Å². The summed E-state index contributed by atoms with van der Waals surface area (Å²) >= 11 is 8.32. The number of nitrogen functional groups attached to an aromatic ring is 1. The molecule has 1 aromatic carbocycles. The van der Waals surface area contributed by atoms with Crippen LogP contribution in [0.1, 0.15) is 59.0 Å². The highest BCUT2D eigenvalue weighted by Crippen LogP contribution is 2.49. The fourth-order valence-electron chi connectivity index (χ4n) is 7.29. The van der Waals surface area contributed by atoms with E-state index in [1.807, 2.05) is 0 Å². The lowest BCUT2D eigenvalue weighted by atomic mass is 9.88. The smallest absolute Gasteiger partial charge is 0.352 e. The number of imide groups is 1. The van der Waals surface area contributed by atoms with Gasteiger partial charge in [-0.3, -0.25) is 33.8 Å². The van der Waals surface area contributed by atoms with Crippen LogP contribution >= 0.6 is 34.7 Å². The molecule has 1 aromatic heterocycles. The van der Waals surface area contributed by atoms with Crippen molar-refractivity contribution in [2.24, 2.45) is 11.1 Å². The van der Waals surface area contributed by atoms with Gasteiger partial charge in [0.2, 0.25) is 12.0 Å². The number of rotatable bonds is 15. The zero-order chi connectivity index (χ0) is 40.1. The van der Waals surface area contributed by atoms with Gasteiger partial charge in [-0.1, -0.05) is 16.8 Å². The number of anilines is 1. The van der Waals surface area contributed by atoms with Crippen LogP contribution in [0.2, 0.25) is 5.02 Å². The van der Waals surface area contributed by atoms with Crippen molar-refractivity contribution < 1.29 is 68.4 Å². The first-order chi connectivity index (χ1) is 25.9. The first-order valence-electron chi connectivity index (χ1n) is 16.8. The number of aromatic nitrogens is 1. The molecule has 0 saturated carbocycles. The van der Waals surface area contributed by atoms with Crippen LogP contribution < -0.4 is 5.73 Å². The molecule has 55 heavy (non-hydrogen) atoms. The lowest BCUT2D eigenvalue weighted by molar-refractivity contribution is -0.911. The summed E-state index contributed by atoms with van der Waals surface area (Å²) in [6.07, 6.45) is -1.83. The summed E-state index contributed by atoms with van der Waals surface area (Å²) in [5.74, 6) is -9.76. The van der Waals surface area contributed by atoms with Crippen LogP contribution in [0.4, 0.5) is 5.13 Å². The Morgan fingerprint density at radius 2 is 1.82 bits per heavy atom. The average Bonchev–Trinajstić information content (AvgIpc) is 3.83. The molecule has 2 fully saturated rings. The molecule has 4 aliphatic rings. The van der Waals surface area contributed by atoms with Gasteiger partial charge in [0, 0.05) is 35.5 Å². The van der Waals surface area contributed by atoms with Crippen LogP contribution in [-0.2, 0) is 28.8 Å². The van der Waals surface area contributed by atoms with Gasteiger partial charge in [0.25, 0.3) is 11.8 Å². The maximum Gasteiger partial charge on any atom is 0.352 e. The minimum atomic E-state index is -1.94. The highest BCUT2D eigenvalue weighted by Gasteiger charge is 2.56. The normalized spacial score (nSPS) is 22.3. The molecule has 2 aromatic rings. The van der Waals surface area contributed by atoms with E-state index >= 15 is 0 Å². The Balaban J connectivity index is 1.21. The number of hydrogen-bond donors (Lipinski definition) is 6. The molecule has 0 unspecified atom stereocenters. The maximum absolute atomic E-state index is 13.7. The number of hydrogen-bond acceptors (Lipinski definition) is 15. The highest BCUT2D eigenvalue weighted by atomic mass is 35.5. The monoisotopic (exact) mass is 821 g/mol. The molecule has 5 heterocycles. The number of carbonyl (C=O) groups excluding carboxylic acids is 4. The predicted molar refractivity (Wildman–Crippen MR) is 192 cm³/mol. The number of Topliss-reactive ketones (excluding diaryl/α,β-unsaturated/α-hetero) is 1. The maximum atomic E-state index is 13.7. The fourth-order valence-corrected chi connectivity index (χ4v) is 9.61. The van der Waals surface area contributed by atoms with Crippen LogP contribution in [0.15, 0.2) is 27.9 Å². The van der Waals surface area contributed by atoms with E-state index in [1.165, 1.54) is 17.1 Å². The van der Waals surface area contributed by atoms with Crippen molar-refractivity contribution in [3.63, 3.8) is 0 Å². The zero-order valence-corrected chi connectivity index (χ0v) is 31.2. The number of halogens is 1. The third-order valence-electron chi connectivity index (χ3n) is 10.0. The van der Waals surface area contributed by atoms with Crippen molar-refractivity contribution in [1.29, 1.82) is 0 Å². The molecular weight excluding hydrogens is 788 g/mol. The van der Waals surface area contributed by atoms with Gasteiger partial charge in [-0.05, 0) is 13.0 Å². The molecule has 7 N–H and O–H groups in total. The number of phenols is 2. The van der Waals surface area contributed by atoms with Crippen molar-refractivity contribution in [2.45, 2.75) is 49.3 Å². The fraction of sp³-hybridized carbons (Fsp3) is 0.424. The van der Waals surface area contributed by atoms with Crippen molar-refractivity contribution in [1.82, 2.24) is 14.8 Å². The van der Waals surface area contributed by atoms with Crippen LogP contribution in [0.5, 0.6) is 11.5 Å².